The van der Waals surface area contributed by atoms with Crippen LogP contribution in [-0.2, 0) is 24.0 Å². The lowest BCUT2D eigenvalue weighted by Gasteiger charge is -2.25. The number of nitrogens with one attached hydrogen (secondary N) is 3. The van der Waals surface area contributed by atoms with Crippen LogP contribution in [0.2, 0.25) is 0 Å². The van der Waals surface area contributed by atoms with Gasteiger partial charge in [0.1, 0.15) is 18.1 Å². The molecular formula is C19H36N6O6S. The Labute approximate surface area is 193 Å². The summed E-state index contributed by atoms with van der Waals surface area (Å²) in [5, 5.41) is 16.2. The van der Waals surface area contributed by atoms with Gasteiger partial charge in [0.05, 0.1) is 12.5 Å². The average molecular weight is 477 g/mol. The molecule has 0 aliphatic rings. The summed E-state index contributed by atoms with van der Waals surface area (Å²) in [5.74, 6) is -4.42. The van der Waals surface area contributed by atoms with E-state index in [2.05, 4.69) is 28.6 Å². The van der Waals surface area contributed by atoms with Gasteiger partial charge in [-0.15, -0.1) is 0 Å². The third-order valence-electron chi connectivity index (χ3n) is 4.48. The topological polar surface area (TPSA) is 220 Å². The number of hydrogen-bond acceptors (Lipinski definition) is 8. The van der Waals surface area contributed by atoms with Crippen LogP contribution in [0, 0.1) is 5.92 Å². The zero-order chi connectivity index (χ0) is 24.8. The molecule has 0 aliphatic heterocycles. The molecule has 0 spiro atoms. The van der Waals surface area contributed by atoms with Gasteiger partial charge in [-0.2, -0.15) is 12.6 Å². The van der Waals surface area contributed by atoms with E-state index >= 15 is 0 Å². The highest BCUT2D eigenvalue weighted by Gasteiger charge is 2.30. The predicted molar refractivity (Wildman–Crippen MR) is 121 cm³/mol. The molecule has 0 radical (unpaired) electrons. The molecule has 10 N–H and O–H groups in total. The van der Waals surface area contributed by atoms with Gasteiger partial charge in [-0.25, -0.2) is 4.79 Å². The molecule has 0 aromatic carbocycles. The molecule has 0 bridgehead atoms. The molecule has 4 amide bonds. The molecule has 0 fully saturated rings. The summed E-state index contributed by atoms with van der Waals surface area (Å²) in [4.78, 5) is 60.3. The van der Waals surface area contributed by atoms with Crippen LogP contribution in [0.15, 0.2) is 0 Å². The number of nitrogens with two attached hydrogens (primary N) is 3. The fraction of sp³-hybridized carbons (Fsp3) is 0.737. The van der Waals surface area contributed by atoms with Gasteiger partial charge in [-0.1, -0.05) is 13.8 Å². The second kappa shape index (κ2) is 15.4. The molecule has 0 saturated heterocycles. The molecule has 0 aromatic rings. The predicted octanol–water partition coefficient (Wildman–Crippen LogP) is -2.17. The minimum Gasteiger partial charge on any atom is -0.480 e. The van der Waals surface area contributed by atoms with E-state index in [1.54, 1.807) is 0 Å². The summed E-state index contributed by atoms with van der Waals surface area (Å²) in [5.41, 5.74) is 16.5. The third-order valence-corrected chi connectivity index (χ3v) is 4.84. The molecule has 4 unspecified atom stereocenters. The van der Waals surface area contributed by atoms with Crippen LogP contribution in [0.1, 0.15) is 46.0 Å². The highest BCUT2D eigenvalue weighted by atomic mass is 32.1. The first-order valence-electron chi connectivity index (χ1n) is 10.4. The molecule has 4 atom stereocenters. The SMILES string of the molecule is CC(C)CC(N)C(=O)NC(CCCCN)C(=O)NC(CC(N)=O)C(=O)NC(CS)C(=O)O. The molecule has 184 valence electrons. The van der Waals surface area contributed by atoms with E-state index in [0.717, 1.165) is 0 Å². The van der Waals surface area contributed by atoms with Crippen molar-refractivity contribution in [2.75, 3.05) is 12.3 Å². The normalized spacial score (nSPS) is 14.7. The summed E-state index contributed by atoms with van der Waals surface area (Å²) in [6, 6.07) is -4.61. The van der Waals surface area contributed by atoms with E-state index in [0.29, 0.717) is 25.8 Å². The number of amides is 4. The summed E-state index contributed by atoms with van der Waals surface area (Å²) < 4.78 is 0. The number of aliphatic carboxylic acids is 1. The van der Waals surface area contributed by atoms with Crippen LogP contribution >= 0.6 is 12.6 Å². The lowest BCUT2D eigenvalue weighted by atomic mass is 10.0. The van der Waals surface area contributed by atoms with E-state index in [1.165, 1.54) is 0 Å². The van der Waals surface area contributed by atoms with Gasteiger partial charge >= 0.3 is 5.97 Å². The van der Waals surface area contributed by atoms with Crippen molar-refractivity contribution in [1.29, 1.82) is 0 Å². The number of unbranched alkanes of at least 4 members (excludes halogenated alkanes) is 1. The smallest absolute Gasteiger partial charge is 0.327 e. The Morgan fingerprint density at radius 2 is 1.44 bits per heavy atom. The maximum Gasteiger partial charge on any atom is 0.327 e. The lowest BCUT2D eigenvalue weighted by molar-refractivity contribution is -0.141. The second-order valence-corrected chi connectivity index (χ2v) is 8.26. The number of carbonyl (C=O) groups is 5. The maximum absolute atomic E-state index is 12.8. The van der Waals surface area contributed by atoms with Crippen molar-refractivity contribution >= 4 is 42.2 Å². The van der Waals surface area contributed by atoms with Crippen molar-refractivity contribution in [2.45, 2.75) is 70.1 Å². The monoisotopic (exact) mass is 476 g/mol. The van der Waals surface area contributed by atoms with E-state index in [4.69, 9.17) is 22.3 Å². The first-order chi connectivity index (χ1) is 14.9. The number of thiol groups is 1. The largest absolute Gasteiger partial charge is 0.480 e. The quantitative estimate of drug-likeness (QED) is 0.0902. The van der Waals surface area contributed by atoms with Gasteiger partial charge in [-0.05, 0) is 38.1 Å². The number of primary amides is 1. The molecular weight excluding hydrogens is 440 g/mol. The summed E-state index contributed by atoms with van der Waals surface area (Å²) in [6.07, 6.45) is 1.19. The standard InChI is InChI=1S/C19H36N6O6S/c1-10(2)7-11(21)16(27)23-12(5-3-4-6-20)17(28)24-13(8-15(22)26)18(29)25-14(9-32)19(30)31/h10-14,32H,3-9,20-21H2,1-2H3,(H2,22,26)(H,23,27)(H,24,28)(H,25,29)(H,30,31). The van der Waals surface area contributed by atoms with Crippen molar-refractivity contribution < 1.29 is 29.1 Å². The van der Waals surface area contributed by atoms with Crippen LogP contribution in [0.4, 0.5) is 0 Å². The molecule has 0 heterocycles. The van der Waals surface area contributed by atoms with Crippen LogP contribution in [0.3, 0.4) is 0 Å². The average Bonchev–Trinajstić information content (AvgIpc) is 2.69. The molecule has 12 nitrogen and oxygen atoms in total. The van der Waals surface area contributed by atoms with Crippen molar-refractivity contribution in [3.05, 3.63) is 0 Å². The fourth-order valence-corrected chi connectivity index (χ4v) is 3.04. The summed E-state index contributed by atoms with van der Waals surface area (Å²) in [6.45, 7) is 4.20. The number of carboxylic acid groups (broad SMARTS) is 1. The third kappa shape index (κ3) is 11.9. The summed E-state index contributed by atoms with van der Waals surface area (Å²) >= 11 is 3.85. The lowest BCUT2D eigenvalue weighted by Crippen LogP contribution is -2.58. The number of hydrogen-bond donors (Lipinski definition) is 8. The second-order valence-electron chi connectivity index (χ2n) is 7.90. The Hall–Kier alpha value is -2.38. The first-order valence-corrected chi connectivity index (χ1v) is 11.0. The van der Waals surface area contributed by atoms with E-state index < -0.39 is 60.2 Å². The Balaban J connectivity index is 5.42. The van der Waals surface area contributed by atoms with E-state index in [-0.39, 0.29) is 18.1 Å². The molecule has 0 aliphatic carbocycles. The minimum atomic E-state index is -1.43. The van der Waals surface area contributed by atoms with E-state index in [9.17, 15) is 24.0 Å². The molecule has 13 heteroatoms. The van der Waals surface area contributed by atoms with Crippen LogP contribution in [-0.4, -0.2) is 71.2 Å². The van der Waals surface area contributed by atoms with Gasteiger partial charge in [0, 0.05) is 5.75 Å². The highest BCUT2D eigenvalue weighted by molar-refractivity contribution is 7.80. The molecule has 32 heavy (non-hydrogen) atoms. The number of carbonyl (C=O) groups excluding carboxylic acids is 4. The van der Waals surface area contributed by atoms with Gasteiger partial charge in [0.15, 0.2) is 0 Å². The van der Waals surface area contributed by atoms with Crippen LogP contribution < -0.4 is 33.2 Å². The summed E-state index contributed by atoms with van der Waals surface area (Å²) in [7, 11) is 0. The Morgan fingerprint density at radius 3 is 1.91 bits per heavy atom. The zero-order valence-corrected chi connectivity index (χ0v) is 19.4. The van der Waals surface area contributed by atoms with Crippen molar-refractivity contribution in [3.63, 3.8) is 0 Å². The minimum absolute atomic E-state index is 0.165. The van der Waals surface area contributed by atoms with Crippen molar-refractivity contribution in [2.24, 2.45) is 23.1 Å². The molecule has 0 rings (SSSR count). The van der Waals surface area contributed by atoms with Gasteiger partial charge in [-0.3, -0.25) is 19.2 Å². The van der Waals surface area contributed by atoms with Gasteiger partial charge in [0.2, 0.25) is 23.6 Å². The Morgan fingerprint density at radius 1 is 0.906 bits per heavy atom. The first kappa shape index (κ1) is 29.6. The number of rotatable bonds is 16. The number of carboxylic acids is 1. The fourth-order valence-electron chi connectivity index (χ4n) is 2.80. The van der Waals surface area contributed by atoms with Crippen LogP contribution in [0.25, 0.3) is 0 Å². The van der Waals surface area contributed by atoms with Gasteiger partial charge in [0.25, 0.3) is 0 Å². The zero-order valence-electron chi connectivity index (χ0n) is 18.5. The Kier molecular flexibility index (Phi) is 14.3. The highest BCUT2D eigenvalue weighted by Crippen LogP contribution is 2.07. The van der Waals surface area contributed by atoms with Gasteiger partial charge < -0.3 is 38.3 Å². The van der Waals surface area contributed by atoms with Crippen molar-refractivity contribution in [1.82, 2.24) is 16.0 Å². The van der Waals surface area contributed by atoms with Crippen molar-refractivity contribution in [3.8, 4) is 0 Å². The molecule has 0 aromatic heterocycles. The maximum atomic E-state index is 12.8. The van der Waals surface area contributed by atoms with Crippen LogP contribution in [0.5, 0.6) is 0 Å². The molecule has 0 saturated carbocycles. The Bertz CT molecular complexity index is 662. The van der Waals surface area contributed by atoms with E-state index in [1.807, 2.05) is 13.8 Å².